The molecule has 0 aliphatic heterocycles. The van der Waals surface area contributed by atoms with Crippen molar-refractivity contribution < 1.29 is 4.74 Å². The average molecular weight is 225 g/mol. The van der Waals surface area contributed by atoms with Gasteiger partial charge in [-0.1, -0.05) is 19.8 Å². The van der Waals surface area contributed by atoms with Gasteiger partial charge < -0.3 is 10.1 Å². The molecule has 2 nitrogen and oxygen atoms in total. The summed E-state index contributed by atoms with van der Waals surface area (Å²) in [6, 6.07) is 1.38. The van der Waals surface area contributed by atoms with Gasteiger partial charge in [0.15, 0.2) is 0 Å². The minimum Gasteiger partial charge on any atom is -0.378 e. The SMILES string of the molecule is CCOC1CC(NC(C)CC)C12CCCC2. The molecular weight excluding hydrogens is 198 g/mol. The van der Waals surface area contributed by atoms with Crippen LogP contribution in [0.5, 0.6) is 0 Å². The Balaban J connectivity index is 1.95. The van der Waals surface area contributed by atoms with E-state index < -0.39 is 0 Å². The van der Waals surface area contributed by atoms with E-state index in [1.807, 2.05) is 0 Å². The number of nitrogens with one attached hydrogen (secondary N) is 1. The smallest absolute Gasteiger partial charge is 0.0661 e. The highest BCUT2D eigenvalue weighted by Crippen LogP contribution is 2.54. The lowest BCUT2D eigenvalue weighted by atomic mass is 9.60. The first-order valence-electron chi connectivity index (χ1n) is 7.10. The molecule has 0 aromatic carbocycles. The minimum atomic E-state index is 0.499. The standard InChI is InChI=1S/C14H27NO/c1-4-11(3)15-12-10-13(16-5-2)14(12)8-6-7-9-14/h11-13,15H,4-10H2,1-3H3. The molecule has 0 aromatic heterocycles. The summed E-state index contributed by atoms with van der Waals surface area (Å²) in [5.41, 5.74) is 0.499. The molecule has 2 aliphatic rings. The van der Waals surface area contributed by atoms with Gasteiger partial charge in [0.1, 0.15) is 0 Å². The Hall–Kier alpha value is -0.0800. The highest BCUT2D eigenvalue weighted by molar-refractivity contribution is 5.10. The van der Waals surface area contributed by atoms with Crippen LogP contribution in [-0.2, 0) is 4.74 Å². The van der Waals surface area contributed by atoms with Gasteiger partial charge in [-0.25, -0.2) is 0 Å². The molecular formula is C14H27NO. The van der Waals surface area contributed by atoms with Gasteiger partial charge in [-0.15, -0.1) is 0 Å². The first-order chi connectivity index (χ1) is 7.73. The van der Waals surface area contributed by atoms with Gasteiger partial charge in [0, 0.05) is 24.1 Å². The molecule has 16 heavy (non-hydrogen) atoms. The Morgan fingerprint density at radius 1 is 1.31 bits per heavy atom. The fourth-order valence-electron chi connectivity index (χ4n) is 3.58. The van der Waals surface area contributed by atoms with Crippen molar-refractivity contribution in [3.05, 3.63) is 0 Å². The summed E-state index contributed by atoms with van der Waals surface area (Å²) < 4.78 is 5.92. The van der Waals surface area contributed by atoms with Crippen LogP contribution in [0, 0.1) is 5.41 Å². The van der Waals surface area contributed by atoms with Gasteiger partial charge in [0.25, 0.3) is 0 Å². The number of hydrogen-bond donors (Lipinski definition) is 1. The lowest BCUT2D eigenvalue weighted by Crippen LogP contribution is -2.64. The van der Waals surface area contributed by atoms with Crippen molar-refractivity contribution in [2.24, 2.45) is 5.41 Å². The third-order valence-electron chi connectivity index (χ3n) is 4.79. The summed E-state index contributed by atoms with van der Waals surface area (Å²) in [4.78, 5) is 0. The van der Waals surface area contributed by atoms with Crippen molar-refractivity contribution in [1.29, 1.82) is 0 Å². The highest BCUT2D eigenvalue weighted by Gasteiger charge is 2.56. The molecule has 0 heterocycles. The first-order valence-corrected chi connectivity index (χ1v) is 7.10. The molecule has 0 aromatic rings. The van der Waals surface area contributed by atoms with Crippen molar-refractivity contribution >= 4 is 0 Å². The Morgan fingerprint density at radius 3 is 2.56 bits per heavy atom. The molecule has 2 heteroatoms. The molecule has 2 fully saturated rings. The van der Waals surface area contributed by atoms with Gasteiger partial charge in [0.05, 0.1) is 6.10 Å². The summed E-state index contributed by atoms with van der Waals surface area (Å²) in [6.07, 6.45) is 8.58. The lowest BCUT2D eigenvalue weighted by molar-refractivity contribution is -0.132. The van der Waals surface area contributed by atoms with Crippen molar-refractivity contribution in [2.45, 2.75) is 77.5 Å². The van der Waals surface area contributed by atoms with Crippen LogP contribution < -0.4 is 5.32 Å². The van der Waals surface area contributed by atoms with E-state index in [0.717, 1.165) is 12.6 Å². The molecule has 2 rings (SSSR count). The third-order valence-corrected chi connectivity index (χ3v) is 4.79. The number of rotatable bonds is 5. The summed E-state index contributed by atoms with van der Waals surface area (Å²) >= 11 is 0. The van der Waals surface area contributed by atoms with E-state index in [9.17, 15) is 0 Å². The van der Waals surface area contributed by atoms with E-state index in [-0.39, 0.29) is 0 Å². The zero-order valence-electron chi connectivity index (χ0n) is 11.1. The molecule has 3 unspecified atom stereocenters. The van der Waals surface area contributed by atoms with E-state index in [4.69, 9.17) is 4.74 Å². The largest absolute Gasteiger partial charge is 0.378 e. The van der Waals surface area contributed by atoms with Crippen LogP contribution in [0.2, 0.25) is 0 Å². The zero-order valence-corrected chi connectivity index (χ0v) is 11.1. The first kappa shape index (κ1) is 12.4. The molecule has 1 N–H and O–H groups in total. The molecule has 0 radical (unpaired) electrons. The van der Waals surface area contributed by atoms with E-state index >= 15 is 0 Å². The average Bonchev–Trinajstić information content (AvgIpc) is 2.79. The summed E-state index contributed by atoms with van der Waals surface area (Å²) in [5, 5.41) is 3.81. The molecule has 0 saturated heterocycles. The van der Waals surface area contributed by atoms with Gasteiger partial charge in [0.2, 0.25) is 0 Å². The maximum absolute atomic E-state index is 5.92. The van der Waals surface area contributed by atoms with Crippen LogP contribution in [0.15, 0.2) is 0 Å². The fourth-order valence-corrected chi connectivity index (χ4v) is 3.58. The molecule has 0 amide bonds. The van der Waals surface area contributed by atoms with E-state index in [2.05, 4.69) is 26.1 Å². The Bertz CT molecular complexity index is 223. The van der Waals surface area contributed by atoms with Gasteiger partial charge in [-0.2, -0.15) is 0 Å². The highest BCUT2D eigenvalue weighted by atomic mass is 16.5. The van der Waals surface area contributed by atoms with Crippen molar-refractivity contribution in [1.82, 2.24) is 5.32 Å². The van der Waals surface area contributed by atoms with Gasteiger partial charge in [-0.3, -0.25) is 0 Å². The molecule has 1 spiro atoms. The van der Waals surface area contributed by atoms with Gasteiger partial charge in [-0.05, 0) is 39.5 Å². The fraction of sp³-hybridized carbons (Fsp3) is 1.00. The molecule has 94 valence electrons. The summed E-state index contributed by atoms with van der Waals surface area (Å²) in [7, 11) is 0. The monoisotopic (exact) mass is 225 g/mol. The predicted octanol–water partition coefficient (Wildman–Crippen LogP) is 3.11. The molecule has 2 aliphatic carbocycles. The maximum atomic E-state index is 5.92. The normalized spacial score (nSPS) is 33.9. The topological polar surface area (TPSA) is 21.3 Å². The Kier molecular flexibility index (Phi) is 3.91. The van der Waals surface area contributed by atoms with Gasteiger partial charge >= 0.3 is 0 Å². The van der Waals surface area contributed by atoms with Crippen LogP contribution in [0.25, 0.3) is 0 Å². The molecule has 0 bridgehead atoms. The van der Waals surface area contributed by atoms with Crippen molar-refractivity contribution in [3.8, 4) is 0 Å². The minimum absolute atomic E-state index is 0.499. The van der Waals surface area contributed by atoms with Crippen LogP contribution in [0.3, 0.4) is 0 Å². The zero-order chi connectivity index (χ0) is 11.6. The second-order valence-electron chi connectivity index (χ2n) is 5.65. The second-order valence-corrected chi connectivity index (χ2v) is 5.65. The number of ether oxygens (including phenoxy) is 1. The van der Waals surface area contributed by atoms with E-state index in [1.54, 1.807) is 0 Å². The Morgan fingerprint density at radius 2 is 2.00 bits per heavy atom. The van der Waals surface area contributed by atoms with Crippen LogP contribution in [-0.4, -0.2) is 24.8 Å². The van der Waals surface area contributed by atoms with Crippen LogP contribution >= 0.6 is 0 Å². The van der Waals surface area contributed by atoms with E-state index in [0.29, 0.717) is 17.6 Å². The van der Waals surface area contributed by atoms with E-state index in [1.165, 1.54) is 38.5 Å². The van der Waals surface area contributed by atoms with Crippen molar-refractivity contribution in [3.63, 3.8) is 0 Å². The van der Waals surface area contributed by atoms with Crippen LogP contribution in [0.4, 0.5) is 0 Å². The maximum Gasteiger partial charge on any atom is 0.0661 e. The van der Waals surface area contributed by atoms with Crippen LogP contribution in [0.1, 0.15) is 59.3 Å². The molecule has 3 atom stereocenters. The second kappa shape index (κ2) is 5.05. The lowest BCUT2D eigenvalue weighted by Gasteiger charge is -2.55. The third kappa shape index (κ3) is 2.02. The summed E-state index contributed by atoms with van der Waals surface area (Å²) in [6.45, 7) is 7.56. The molecule has 2 saturated carbocycles. The number of hydrogen-bond acceptors (Lipinski definition) is 2. The predicted molar refractivity (Wildman–Crippen MR) is 67.6 cm³/mol. The summed E-state index contributed by atoms with van der Waals surface area (Å²) in [5.74, 6) is 0. The Labute approximate surface area is 100 Å². The van der Waals surface area contributed by atoms with Crippen molar-refractivity contribution in [2.75, 3.05) is 6.61 Å². The quantitative estimate of drug-likeness (QED) is 0.776.